The SMILES string of the molecule is C=CCC(NCC)c1c(OC)cnn1CCC. The minimum atomic E-state index is 0.224. The maximum Gasteiger partial charge on any atom is 0.161 e. The molecule has 1 heterocycles. The Morgan fingerprint density at radius 3 is 2.88 bits per heavy atom. The minimum Gasteiger partial charge on any atom is -0.493 e. The monoisotopic (exact) mass is 237 g/mol. The molecule has 96 valence electrons. The van der Waals surface area contributed by atoms with Gasteiger partial charge in [0.15, 0.2) is 5.75 Å². The molecule has 4 nitrogen and oxygen atoms in total. The first-order chi connectivity index (χ1) is 8.28. The number of nitrogens with one attached hydrogen (secondary N) is 1. The summed E-state index contributed by atoms with van der Waals surface area (Å²) in [5.74, 6) is 0.853. The third kappa shape index (κ3) is 3.33. The predicted octanol–water partition coefficient (Wildman–Crippen LogP) is 2.53. The normalized spacial score (nSPS) is 12.4. The van der Waals surface area contributed by atoms with Crippen LogP contribution in [0.15, 0.2) is 18.9 Å². The molecule has 0 spiro atoms. The summed E-state index contributed by atoms with van der Waals surface area (Å²) in [6, 6.07) is 0.224. The zero-order valence-electron chi connectivity index (χ0n) is 11.1. The molecule has 1 aromatic rings. The Balaban J connectivity index is 3.03. The summed E-state index contributed by atoms with van der Waals surface area (Å²) in [4.78, 5) is 0. The first kappa shape index (κ1) is 13.8. The van der Waals surface area contributed by atoms with Gasteiger partial charge in [-0.25, -0.2) is 0 Å². The van der Waals surface area contributed by atoms with Gasteiger partial charge in [0.2, 0.25) is 0 Å². The third-order valence-corrected chi connectivity index (χ3v) is 2.68. The van der Waals surface area contributed by atoms with E-state index in [0.717, 1.165) is 37.4 Å². The van der Waals surface area contributed by atoms with Gasteiger partial charge < -0.3 is 10.1 Å². The number of aryl methyl sites for hydroxylation is 1. The average molecular weight is 237 g/mol. The van der Waals surface area contributed by atoms with Crippen molar-refractivity contribution in [2.24, 2.45) is 0 Å². The molecule has 4 heteroatoms. The van der Waals surface area contributed by atoms with E-state index in [9.17, 15) is 0 Å². The Bertz CT molecular complexity index is 346. The van der Waals surface area contributed by atoms with E-state index in [2.05, 4.69) is 30.8 Å². The van der Waals surface area contributed by atoms with Crippen LogP contribution in [0.1, 0.15) is 38.4 Å². The van der Waals surface area contributed by atoms with E-state index in [1.165, 1.54) is 0 Å². The lowest BCUT2D eigenvalue weighted by Crippen LogP contribution is -2.24. The van der Waals surface area contributed by atoms with Crippen LogP contribution in [-0.2, 0) is 6.54 Å². The Morgan fingerprint density at radius 1 is 1.59 bits per heavy atom. The highest BCUT2D eigenvalue weighted by Crippen LogP contribution is 2.27. The smallest absolute Gasteiger partial charge is 0.161 e. The van der Waals surface area contributed by atoms with E-state index in [4.69, 9.17) is 4.74 Å². The molecule has 0 bridgehead atoms. The number of nitrogens with zero attached hydrogens (tertiary/aromatic N) is 2. The molecule has 17 heavy (non-hydrogen) atoms. The van der Waals surface area contributed by atoms with Gasteiger partial charge in [-0.15, -0.1) is 6.58 Å². The third-order valence-electron chi connectivity index (χ3n) is 2.68. The van der Waals surface area contributed by atoms with Crippen LogP contribution >= 0.6 is 0 Å². The number of hydrogen-bond donors (Lipinski definition) is 1. The van der Waals surface area contributed by atoms with Crippen molar-refractivity contribution < 1.29 is 4.74 Å². The molecule has 0 aliphatic heterocycles. The highest BCUT2D eigenvalue weighted by molar-refractivity contribution is 5.28. The number of rotatable bonds is 8. The van der Waals surface area contributed by atoms with Crippen molar-refractivity contribution in [2.45, 2.75) is 39.3 Å². The molecular weight excluding hydrogens is 214 g/mol. The lowest BCUT2D eigenvalue weighted by atomic mass is 10.1. The standard InChI is InChI=1S/C13H23N3O/c1-5-8-11(14-7-3)13-12(17-4)10-15-16(13)9-6-2/h5,10-11,14H,1,6-9H2,2-4H3. The first-order valence-electron chi connectivity index (χ1n) is 6.22. The fraction of sp³-hybridized carbons (Fsp3) is 0.615. The summed E-state index contributed by atoms with van der Waals surface area (Å²) in [5, 5.41) is 7.83. The van der Waals surface area contributed by atoms with E-state index in [-0.39, 0.29) is 6.04 Å². The van der Waals surface area contributed by atoms with Crippen LogP contribution in [0.4, 0.5) is 0 Å². The average Bonchev–Trinajstić information content (AvgIpc) is 2.72. The van der Waals surface area contributed by atoms with Crippen LogP contribution in [0.25, 0.3) is 0 Å². The van der Waals surface area contributed by atoms with Crippen LogP contribution in [0.2, 0.25) is 0 Å². The molecule has 0 aromatic carbocycles. The van der Waals surface area contributed by atoms with Crippen LogP contribution in [-0.4, -0.2) is 23.4 Å². The van der Waals surface area contributed by atoms with Gasteiger partial charge in [-0.2, -0.15) is 5.10 Å². The summed E-state index contributed by atoms with van der Waals surface area (Å²) >= 11 is 0. The Hall–Kier alpha value is -1.29. The number of ether oxygens (including phenoxy) is 1. The van der Waals surface area contributed by atoms with Gasteiger partial charge in [-0.05, 0) is 19.4 Å². The maximum atomic E-state index is 5.39. The molecular formula is C13H23N3O. The topological polar surface area (TPSA) is 39.1 Å². The predicted molar refractivity (Wildman–Crippen MR) is 70.3 cm³/mol. The summed E-state index contributed by atoms with van der Waals surface area (Å²) in [5.41, 5.74) is 1.12. The van der Waals surface area contributed by atoms with Crippen molar-refractivity contribution in [1.29, 1.82) is 0 Å². The minimum absolute atomic E-state index is 0.224. The lowest BCUT2D eigenvalue weighted by Gasteiger charge is -2.19. The van der Waals surface area contributed by atoms with Gasteiger partial charge in [0.05, 0.1) is 25.0 Å². The van der Waals surface area contributed by atoms with Gasteiger partial charge in [-0.1, -0.05) is 19.9 Å². The molecule has 1 rings (SSSR count). The fourth-order valence-corrected chi connectivity index (χ4v) is 1.98. The van der Waals surface area contributed by atoms with E-state index in [0.29, 0.717) is 0 Å². The van der Waals surface area contributed by atoms with Gasteiger partial charge in [0.1, 0.15) is 0 Å². The quantitative estimate of drug-likeness (QED) is 0.706. The van der Waals surface area contributed by atoms with Crippen molar-refractivity contribution in [3.8, 4) is 5.75 Å². The summed E-state index contributed by atoms with van der Waals surface area (Å²) < 4.78 is 7.41. The fourth-order valence-electron chi connectivity index (χ4n) is 1.98. The largest absolute Gasteiger partial charge is 0.493 e. The zero-order valence-corrected chi connectivity index (χ0v) is 11.1. The Labute approximate surface area is 104 Å². The molecule has 1 N–H and O–H groups in total. The molecule has 0 fully saturated rings. The first-order valence-corrected chi connectivity index (χ1v) is 6.22. The molecule has 1 aromatic heterocycles. The van der Waals surface area contributed by atoms with Crippen molar-refractivity contribution in [3.63, 3.8) is 0 Å². The summed E-state index contributed by atoms with van der Waals surface area (Å²) in [6.45, 7) is 9.89. The number of aromatic nitrogens is 2. The van der Waals surface area contributed by atoms with Crippen LogP contribution < -0.4 is 10.1 Å². The molecule has 0 radical (unpaired) electrons. The molecule has 1 atom stereocenters. The van der Waals surface area contributed by atoms with Crippen molar-refractivity contribution in [1.82, 2.24) is 15.1 Å². The van der Waals surface area contributed by atoms with Gasteiger partial charge >= 0.3 is 0 Å². The molecule has 1 unspecified atom stereocenters. The van der Waals surface area contributed by atoms with E-state index in [1.807, 2.05) is 10.8 Å². The van der Waals surface area contributed by atoms with Gasteiger partial charge in [-0.3, -0.25) is 4.68 Å². The second-order valence-electron chi connectivity index (χ2n) is 3.96. The molecule has 0 aliphatic carbocycles. The van der Waals surface area contributed by atoms with E-state index >= 15 is 0 Å². The van der Waals surface area contributed by atoms with Crippen molar-refractivity contribution in [2.75, 3.05) is 13.7 Å². The number of hydrogen-bond acceptors (Lipinski definition) is 3. The Morgan fingerprint density at radius 2 is 2.35 bits per heavy atom. The number of methoxy groups -OCH3 is 1. The maximum absolute atomic E-state index is 5.39. The lowest BCUT2D eigenvalue weighted by molar-refractivity contribution is 0.391. The summed E-state index contributed by atoms with van der Waals surface area (Å²) in [7, 11) is 1.69. The highest BCUT2D eigenvalue weighted by atomic mass is 16.5. The molecule has 0 saturated heterocycles. The van der Waals surface area contributed by atoms with Crippen LogP contribution in [0.5, 0.6) is 5.75 Å². The van der Waals surface area contributed by atoms with Crippen LogP contribution in [0.3, 0.4) is 0 Å². The highest BCUT2D eigenvalue weighted by Gasteiger charge is 2.19. The van der Waals surface area contributed by atoms with E-state index in [1.54, 1.807) is 13.3 Å². The van der Waals surface area contributed by atoms with Gasteiger partial charge in [0, 0.05) is 6.54 Å². The molecule has 0 saturated carbocycles. The van der Waals surface area contributed by atoms with Crippen LogP contribution in [0, 0.1) is 0 Å². The summed E-state index contributed by atoms with van der Waals surface area (Å²) in [6.07, 6.45) is 5.65. The second kappa shape index (κ2) is 7.12. The van der Waals surface area contributed by atoms with E-state index < -0.39 is 0 Å². The second-order valence-corrected chi connectivity index (χ2v) is 3.96. The zero-order chi connectivity index (χ0) is 12.7. The van der Waals surface area contributed by atoms with Crippen molar-refractivity contribution >= 4 is 0 Å². The van der Waals surface area contributed by atoms with Crippen molar-refractivity contribution in [3.05, 3.63) is 24.5 Å². The molecule has 0 amide bonds. The Kier molecular flexibility index (Phi) is 5.77. The van der Waals surface area contributed by atoms with Gasteiger partial charge in [0.25, 0.3) is 0 Å². The molecule has 0 aliphatic rings.